The summed E-state index contributed by atoms with van der Waals surface area (Å²) in [5, 5.41) is 20.3. The first-order chi connectivity index (χ1) is 23.4. The molecule has 0 saturated heterocycles. The highest BCUT2D eigenvalue weighted by Crippen LogP contribution is 2.44. The van der Waals surface area contributed by atoms with Gasteiger partial charge in [0.2, 0.25) is 5.91 Å². The topological polar surface area (TPSA) is 198 Å². The van der Waals surface area contributed by atoms with E-state index in [1.807, 2.05) is 48.5 Å². The second-order valence-corrected chi connectivity index (χ2v) is 12.6. The van der Waals surface area contributed by atoms with Crippen molar-refractivity contribution in [3.8, 4) is 11.1 Å². The molecule has 0 aromatic heterocycles. The lowest BCUT2D eigenvalue weighted by molar-refractivity contribution is -0.154. The smallest absolute Gasteiger partial charge is 0.407 e. The molecule has 13 nitrogen and oxygen atoms in total. The van der Waals surface area contributed by atoms with Crippen LogP contribution in [-0.2, 0) is 25.7 Å². The first-order valence-corrected chi connectivity index (χ1v) is 16.1. The fourth-order valence-corrected chi connectivity index (χ4v) is 5.57. The number of amides is 5. The molecular weight excluding hydrogens is 630 g/mol. The van der Waals surface area contributed by atoms with E-state index in [4.69, 9.17) is 15.2 Å². The predicted molar refractivity (Wildman–Crippen MR) is 183 cm³/mol. The zero-order valence-corrected chi connectivity index (χ0v) is 27.8. The Morgan fingerprint density at radius 2 is 1.55 bits per heavy atom. The Kier molecular flexibility index (Phi) is 12.3. The normalized spacial score (nSPS) is 12.6. The number of nitrogens with two attached hydrogens (primary N) is 1. The Hall–Kier alpha value is -5.43. The number of rotatable bonds is 14. The van der Waals surface area contributed by atoms with Crippen molar-refractivity contribution in [2.75, 3.05) is 25.0 Å². The summed E-state index contributed by atoms with van der Waals surface area (Å²) in [6.45, 7) is 5.01. The maximum atomic E-state index is 13.5. The lowest BCUT2D eigenvalue weighted by Crippen LogP contribution is -2.45. The molecule has 49 heavy (non-hydrogen) atoms. The van der Waals surface area contributed by atoms with Crippen molar-refractivity contribution in [1.82, 2.24) is 16.0 Å². The third-order valence-corrected chi connectivity index (χ3v) is 7.75. The van der Waals surface area contributed by atoms with Gasteiger partial charge in [-0.15, -0.1) is 0 Å². The molecule has 0 aliphatic heterocycles. The number of hydrogen-bond donors (Lipinski definition) is 6. The molecule has 0 fully saturated rings. The summed E-state index contributed by atoms with van der Waals surface area (Å²) in [6, 6.07) is 18.5. The molecule has 3 aromatic carbocycles. The quantitative estimate of drug-likeness (QED) is 0.109. The molecule has 0 bridgehead atoms. The number of ether oxygens (including phenoxy) is 2. The third-order valence-electron chi connectivity index (χ3n) is 7.75. The number of hydrogen-bond acceptors (Lipinski definition) is 8. The molecule has 13 heteroatoms. The molecule has 1 aliphatic carbocycles. The highest BCUT2D eigenvalue weighted by Gasteiger charge is 2.30. The summed E-state index contributed by atoms with van der Waals surface area (Å²) >= 11 is 0. The molecule has 4 rings (SSSR count). The van der Waals surface area contributed by atoms with E-state index < -0.39 is 48.2 Å². The molecule has 1 aliphatic rings. The van der Waals surface area contributed by atoms with Gasteiger partial charge in [-0.05, 0) is 73.6 Å². The van der Waals surface area contributed by atoms with Crippen molar-refractivity contribution in [2.24, 2.45) is 5.73 Å². The number of fused-ring (bicyclic) bond motifs is 3. The van der Waals surface area contributed by atoms with Gasteiger partial charge in [0.05, 0.1) is 13.0 Å². The number of primary amides is 1. The van der Waals surface area contributed by atoms with Gasteiger partial charge < -0.3 is 41.6 Å². The standard InChI is InChI=1S/C36H43N5O8/c1-36(2,3)49-31(43)16-18-38-32(44)28-19-23(15-14-22(28)20-42)40-33(45)30(13-8-17-39-34(37)46)41-35(47)48-21-29-26-11-6-4-9-24(26)25-10-5-7-12-27(25)29/h4-7,9-12,14-15,19,29-30,42H,8,13,16-18,20-21H2,1-3H3,(H,38,44)(H,40,45)(H,41,47)(H3,37,39,46)/t30-/m0/s1. The second kappa shape index (κ2) is 16.6. The van der Waals surface area contributed by atoms with E-state index in [9.17, 15) is 29.1 Å². The highest BCUT2D eigenvalue weighted by atomic mass is 16.6. The zero-order chi connectivity index (χ0) is 35.6. The van der Waals surface area contributed by atoms with Crippen molar-refractivity contribution in [2.45, 2.75) is 64.2 Å². The molecule has 0 heterocycles. The van der Waals surface area contributed by atoms with Crippen molar-refractivity contribution >= 4 is 35.6 Å². The maximum absolute atomic E-state index is 13.5. The number of aliphatic hydroxyl groups is 1. The van der Waals surface area contributed by atoms with Crippen LogP contribution in [0.1, 0.15) is 73.0 Å². The van der Waals surface area contributed by atoms with Gasteiger partial charge in [-0.3, -0.25) is 14.4 Å². The first-order valence-electron chi connectivity index (χ1n) is 16.1. The van der Waals surface area contributed by atoms with Crippen LogP contribution in [0.2, 0.25) is 0 Å². The number of carbonyl (C=O) groups is 5. The molecule has 0 spiro atoms. The van der Waals surface area contributed by atoms with Crippen LogP contribution in [0.4, 0.5) is 15.3 Å². The van der Waals surface area contributed by atoms with Crippen LogP contribution in [-0.4, -0.2) is 66.4 Å². The maximum Gasteiger partial charge on any atom is 0.407 e. The summed E-state index contributed by atoms with van der Waals surface area (Å²) in [5.41, 5.74) is 9.37. The van der Waals surface area contributed by atoms with Crippen LogP contribution in [0.5, 0.6) is 0 Å². The lowest BCUT2D eigenvalue weighted by Gasteiger charge is -2.20. The number of anilines is 1. The van der Waals surface area contributed by atoms with E-state index in [-0.39, 0.29) is 49.7 Å². The monoisotopic (exact) mass is 673 g/mol. The van der Waals surface area contributed by atoms with Crippen molar-refractivity contribution < 1.29 is 38.6 Å². The average Bonchev–Trinajstić information content (AvgIpc) is 3.37. The first kappa shape index (κ1) is 36.4. The third kappa shape index (κ3) is 10.3. The van der Waals surface area contributed by atoms with Gasteiger partial charge in [-0.25, -0.2) is 9.59 Å². The van der Waals surface area contributed by atoms with Crippen LogP contribution >= 0.6 is 0 Å². The lowest BCUT2D eigenvalue weighted by atomic mass is 9.98. The predicted octanol–water partition coefficient (Wildman–Crippen LogP) is 3.93. The fourth-order valence-electron chi connectivity index (χ4n) is 5.57. The number of benzene rings is 3. The summed E-state index contributed by atoms with van der Waals surface area (Å²) < 4.78 is 10.9. The Labute approximate surface area is 284 Å². The van der Waals surface area contributed by atoms with E-state index in [1.165, 1.54) is 18.2 Å². The second-order valence-electron chi connectivity index (χ2n) is 12.6. The summed E-state index contributed by atoms with van der Waals surface area (Å²) in [6.07, 6.45) is -0.421. The van der Waals surface area contributed by atoms with Gasteiger partial charge in [-0.2, -0.15) is 0 Å². The molecule has 3 aromatic rings. The zero-order valence-electron chi connectivity index (χ0n) is 27.8. The minimum atomic E-state index is -1.08. The number of urea groups is 1. The van der Waals surface area contributed by atoms with E-state index in [0.29, 0.717) is 12.0 Å². The van der Waals surface area contributed by atoms with E-state index in [0.717, 1.165) is 22.3 Å². The van der Waals surface area contributed by atoms with E-state index >= 15 is 0 Å². The Balaban J connectivity index is 1.41. The SMILES string of the molecule is CC(C)(C)OC(=O)CCNC(=O)c1cc(NC(=O)[C@H](CCCNC(N)=O)NC(=O)OCC2c3ccccc3-c3ccccc32)ccc1CO. The number of esters is 1. The highest BCUT2D eigenvalue weighted by molar-refractivity contribution is 6.00. The Bertz CT molecular complexity index is 1640. The van der Waals surface area contributed by atoms with Gasteiger partial charge in [0, 0.05) is 30.3 Å². The number of aliphatic hydroxyl groups excluding tert-OH is 1. The van der Waals surface area contributed by atoms with Crippen LogP contribution in [0, 0.1) is 0 Å². The van der Waals surface area contributed by atoms with Crippen molar-refractivity contribution in [3.63, 3.8) is 0 Å². The van der Waals surface area contributed by atoms with Crippen LogP contribution in [0.15, 0.2) is 66.7 Å². The van der Waals surface area contributed by atoms with Crippen LogP contribution in [0.25, 0.3) is 11.1 Å². The molecule has 260 valence electrons. The van der Waals surface area contributed by atoms with Gasteiger partial charge in [-0.1, -0.05) is 54.6 Å². The summed E-state index contributed by atoms with van der Waals surface area (Å²) in [7, 11) is 0. The number of nitrogens with one attached hydrogen (secondary N) is 4. The van der Waals surface area contributed by atoms with Crippen molar-refractivity contribution in [3.05, 3.63) is 89.0 Å². The van der Waals surface area contributed by atoms with Crippen LogP contribution < -0.4 is 27.0 Å². The van der Waals surface area contributed by atoms with E-state index in [1.54, 1.807) is 20.8 Å². The Morgan fingerprint density at radius 3 is 2.16 bits per heavy atom. The largest absolute Gasteiger partial charge is 0.460 e. The van der Waals surface area contributed by atoms with Crippen molar-refractivity contribution in [1.29, 1.82) is 0 Å². The minimum Gasteiger partial charge on any atom is -0.460 e. The fraction of sp³-hybridized carbons (Fsp3) is 0.361. The molecule has 7 N–H and O–H groups in total. The van der Waals surface area contributed by atoms with E-state index in [2.05, 4.69) is 21.3 Å². The van der Waals surface area contributed by atoms with Crippen LogP contribution in [0.3, 0.4) is 0 Å². The molecule has 5 amide bonds. The summed E-state index contributed by atoms with van der Waals surface area (Å²) in [4.78, 5) is 62.7. The molecule has 1 atom stereocenters. The molecule has 0 unspecified atom stereocenters. The van der Waals surface area contributed by atoms with Gasteiger partial charge >= 0.3 is 18.1 Å². The number of carbonyl (C=O) groups excluding carboxylic acids is 5. The molecule has 0 radical (unpaired) electrons. The molecular formula is C36H43N5O8. The molecule has 0 saturated carbocycles. The van der Waals surface area contributed by atoms with Gasteiger partial charge in [0.15, 0.2) is 0 Å². The number of alkyl carbamates (subject to hydrolysis) is 1. The van der Waals surface area contributed by atoms with Gasteiger partial charge in [0.1, 0.15) is 18.2 Å². The van der Waals surface area contributed by atoms with Gasteiger partial charge in [0.25, 0.3) is 5.91 Å². The average molecular weight is 674 g/mol. The Morgan fingerprint density at radius 1 is 0.898 bits per heavy atom. The minimum absolute atomic E-state index is 0.000668. The summed E-state index contributed by atoms with van der Waals surface area (Å²) in [5.74, 6) is -1.81.